The topological polar surface area (TPSA) is 110 Å². The summed E-state index contributed by atoms with van der Waals surface area (Å²) in [5.74, 6) is -3.16. The third-order valence-electron chi connectivity index (χ3n) is 7.66. The highest BCUT2D eigenvalue weighted by Crippen LogP contribution is 2.46. The zero-order valence-corrected chi connectivity index (χ0v) is 22.3. The molecule has 2 aliphatic rings. The van der Waals surface area contributed by atoms with E-state index in [2.05, 4.69) is 0 Å². The van der Waals surface area contributed by atoms with Gasteiger partial charge in [-0.15, -0.1) is 0 Å². The zero-order chi connectivity index (χ0) is 30.4. The van der Waals surface area contributed by atoms with Gasteiger partial charge in [-0.2, -0.15) is 13.2 Å². The number of imide groups is 1. The summed E-state index contributed by atoms with van der Waals surface area (Å²) in [5, 5.41) is 0. The van der Waals surface area contributed by atoms with Gasteiger partial charge in [0.15, 0.2) is 0 Å². The number of primary amides is 1. The summed E-state index contributed by atoms with van der Waals surface area (Å²) in [6.45, 7) is -0.699. The third kappa shape index (κ3) is 5.19. The van der Waals surface area contributed by atoms with Gasteiger partial charge in [-0.25, -0.2) is 14.1 Å². The summed E-state index contributed by atoms with van der Waals surface area (Å²) in [7, 11) is 0. The van der Waals surface area contributed by atoms with E-state index in [1.165, 1.54) is 12.1 Å². The Bertz CT molecular complexity index is 1590. The predicted molar refractivity (Wildman–Crippen MR) is 141 cm³/mol. The van der Waals surface area contributed by atoms with Crippen molar-refractivity contribution in [1.82, 2.24) is 9.80 Å². The van der Waals surface area contributed by atoms with E-state index in [-0.39, 0.29) is 12.0 Å². The number of carbonyl (C=O) groups is 4. The Morgan fingerprint density at radius 2 is 1.74 bits per heavy atom. The molecule has 0 aromatic heterocycles. The lowest BCUT2D eigenvalue weighted by atomic mass is 9.92. The average Bonchev–Trinajstić information content (AvgIpc) is 3.43. The van der Waals surface area contributed by atoms with Crippen molar-refractivity contribution in [2.24, 2.45) is 5.73 Å². The molecule has 1 saturated heterocycles. The molecule has 218 valence electrons. The molecule has 1 aliphatic heterocycles. The normalized spacial score (nSPS) is 18.6. The largest absolute Gasteiger partial charge is 0.427 e. The molecule has 2 N–H and O–H groups in total. The van der Waals surface area contributed by atoms with E-state index in [1.807, 2.05) is 0 Å². The maximum absolute atomic E-state index is 13.7. The Hall–Kier alpha value is -4.74. The number of halogens is 4. The molecule has 5 rings (SSSR count). The van der Waals surface area contributed by atoms with E-state index >= 15 is 0 Å². The average molecular weight is 584 g/mol. The second kappa shape index (κ2) is 10.6. The fraction of sp³-hybridized carbons (Fsp3) is 0.267. The van der Waals surface area contributed by atoms with E-state index in [4.69, 9.17) is 10.5 Å². The molecule has 8 nitrogen and oxygen atoms in total. The second-order valence-electron chi connectivity index (χ2n) is 10.3. The van der Waals surface area contributed by atoms with Crippen LogP contribution in [0, 0.1) is 5.82 Å². The first-order valence-electron chi connectivity index (χ1n) is 13.0. The molecule has 12 heteroatoms. The lowest BCUT2D eigenvalue weighted by molar-refractivity contribution is -0.187. The number of carbonyl (C=O) groups excluding carboxylic acids is 4. The SMILES string of the molecule is C[C@H](N(Cc1ccc(F)cc1)C(=O)CN1C(=O)O[C@@]2(CCc3cc(-c4cccc(C(N)=O)c4)ccc32)C1=O)C(F)(F)F. The Labute approximate surface area is 237 Å². The highest BCUT2D eigenvalue weighted by molar-refractivity contribution is 6.06. The molecule has 1 spiro atoms. The highest BCUT2D eigenvalue weighted by atomic mass is 19.4. The van der Waals surface area contributed by atoms with Crippen LogP contribution in [0.5, 0.6) is 0 Å². The summed E-state index contributed by atoms with van der Waals surface area (Å²) in [5.41, 5.74) is 6.77. The van der Waals surface area contributed by atoms with Crippen LogP contribution in [0.1, 0.15) is 40.4 Å². The number of alkyl halides is 3. The molecule has 42 heavy (non-hydrogen) atoms. The number of aryl methyl sites for hydroxylation is 1. The minimum atomic E-state index is -4.80. The Morgan fingerprint density at radius 1 is 1.05 bits per heavy atom. The van der Waals surface area contributed by atoms with Gasteiger partial charge in [-0.1, -0.05) is 42.5 Å². The highest BCUT2D eigenvalue weighted by Gasteiger charge is 2.58. The van der Waals surface area contributed by atoms with Crippen LogP contribution >= 0.6 is 0 Å². The smallest absolute Gasteiger partial charge is 0.418 e. The van der Waals surface area contributed by atoms with Crippen LogP contribution in [0.2, 0.25) is 0 Å². The van der Waals surface area contributed by atoms with Gasteiger partial charge in [-0.05, 0) is 59.9 Å². The molecule has 1 heterocycles. The molecular formula is C30H25F4N3O5. The molecule has 0 saturated carbocycles. The first kappa shape index (κ1) is 28.8. The van der Waals surface area contributed by atoms with Crippen molar-refractivity contribution in [2.45, 2.75) is 44.1 Å². The van der Waals surface area contributed by atoms with Crippen molar-refractivity contribution < 1.29 is 41.5 Å². The van der Waals surface area contributed by atoms with Crippen molar-refractivity contribution in [1.29, 1.82) is 0 Å². The maximum atomic E-state index is 13.7. The Kier molecular flexibility index (Phi) is 7.25. The predicted octanol–water partition coefficient (Wildman–Crippen LogP) is 4.69. The van der Waals surface area contributed by atoms with Gasteiger partial charge >= 0.3 is 12.3 Å². The zero-order valence-electron chi connectivity index (χ0n) is 22.3. The molecule has 3 aromatic rings. The number of hydrogen-bond acceptors (Lipinski definition) is 5. The number of nitrogens with zero attached hydrogens (tertiary/aromatic N) is 2. The summed E-state index contributed by atoms with van der Waals surface area (Å²) in [4.78, 5) is 52.3. The van der Waals surface area contributed by atoms with Crippen molar-refractivity contribution in [3.05, 3.63) is 94.8 Å². The molecule has 2 atom stereocenters. The molecular weight excluding hydrogens is 558 g/mol. The number of hydrogen-bond donors (Lipinski definition) is 1. The van der Waals surface area contributed by atoms with Crippen LogP contribution in [0.15, 0.2) is 66.7 Å². The van der Waals surface area contributed by atoms with Crippen molar-refractivity contribution in [3.63, 3.8) is 0 Å². The van der Waals surface area contributed by atoms with Crippen molar-refractivity contribution >= 4 is 23.8 Å². The molecule has 0 unspecified atom stereocenters. The number of nitrogens with two attached hydrogens (primary N) is 1. The second-order valence-corrected chi connectivity index (χ2v) is 10.3. The third-order valence-corrected chi connectivity index (χ3v) is 7.66. The summed E-state index contributed by atoms with van der Waals surface area (Å²) < 4.78 is 59.9. The van der Waals surface area contributed by atoms with Crippen LogP contribution < -0.4 is 5.73 Å². The minimum Gasteiger partial charge on any atom is -0.427 e. The van der Waals surface area contributed by atoms with Crippen LogP contribution in [0.4, 0.5) is 22.4 Å². The first-order chi connectivity index (χ1) is 19.8. The van der Waals surface area contributed by atoms with Gasteiger partial charge in [0.2, 0.25) is 17.4 Å². The minimum absolute atomic E-state index is 0.0840. The van der Waals surface area contributed by atoms with E-state index in [0.29, 0.717) is 38.5 Å². The van der Waals surface area contributed by atoms with Crippen molar-refractivity contribution in [3.8, 4) is 11.1 Å². The molecule has 0 bridgehead atoms. The molecule has 0 radical (unpaired) electrons. The van der Waals surface area contributed by atoms with Gasteiger partial charge in [0, 0.05) is 24.1 Å². The van der Waals surface area contributed by atoms with Crippen LogP contribution in [0.25, 0.3) is 11.1 Å². The summed E-state index contributed by atoms with van der Waals surface area (Å²) in [6, 6.07) is 14.1. The van der Waals surface area contributed by atoms with Gasteiger partial charge in [-0.3, -0.25) is 14.4 Å². The van der Waals surface area contributed by atoms with E-state index in [9.17, 15) is 36.7 Å². The van der Waals surface area contributed by atoms with Crippen LogP contribution in [-0.4, -0.2) is 52.4 Å². The number of fused-ring (bicyclic) bond motifs is 2. The summed E-state index contributed by atoms with van der Waals surface area (Å²) in [6.07, 6.45) is -5.51. The fourth-order valence-electron chi connectivity index (χ4n) is 5.32. The van der Waals surface area contributed by atoms with Gasteiger partial charge in [0.1, 0.15) is 18.4 Å². The maximum Gasteiger partial charge on any atom is 0.418 e. The first-order valence-corrected chi connectivity index (χ1v) is 13.0. The monoisotopic (exact) mass is 583 g/mol. The van der Waals surface area contributed by atoms with E-state index in [1.54, 1.807) is 42.5 Å². The van der Waals surface area contributed by atoms with Gasteiger partial charge in [0.05, 0.1) is 0 Å². The van der Waals surface area contributed by atoms with E-state index in [0.717, 1.165) is 24.6 Å². The summed E-state index contributed by atoms with van der Waals surface area (Å²) >= 11 is 0. The Balaban J connectivity index is 1.39. The van der Waals surface area contributed by atoms with Gasteiger partial charge in [0.25, 0.3) is 5.91 Å². The van der Waals surface area contributed by atoms with Crippen LogP contribution in [-0.2, 0) is 32.9 Å². The molecule has 3 aromatic carbocycles. The quantitative estimate of drug-likeness (QED) is 0.406. The molecule has 4 amide bonds. The lowest BCUT2D eigenvalue weighted by Crippen LogP contribution is -2.51. The van der Waals surface area contributed by atoms with E-state index < -0.39 is 60.5 Å². The van der Waals surface area contributed by atoms with Crippen molar-refractivity contribution in [2.75, 3.05) is 6.54 Å². The molecule has 1 fully saturated rings. The van der Waals surface area contributed by atoms with Gasteiger partial charge < -0.3 is 15.4 Å². The Morgan fingerprint density at radius 3 is 2.40 bits per heavy atom. The lowest BCUT2D eigenvalue weighted by Gasteiger charge is -2.31. The fourth-order valence-corrected chi connectivity index (χ4v) is 5.32. The number of amides is 4. The standard InChI is InChI=1S/C30H25F4N3O5/c1-17(30(32,33)34)36(15-18-5-8-23(31)9-6-18)25(38)16-37-27(40)29(42-28(37)41)12-11-21-13-20(7-10-24(21)29)19-3-2-4-22(14-19)26(35)39/h2-10,13-14,17H,11-12,15-16H2,1H3,(H2,35,39)/t17-,29+/m0/s1. The molecule has 1 aliphatic carbocycles. The van der Waals surface area contributed by atoms with Crippen LogP contribution in [0.3, 0.4) is 0 Å². The number of rotatable bonds is 7. The number of ether oxygens (including phenoxy) is 1. The number of benzene rings is 3.